The molecule has 0 aliphatic carbocycles. The molecule has 2 rings (SSSR count). The average molecular weight is 258 g/mol. The molecule has 0 radical (unpaired) electrons. The number of benzene rings is 2. The highest BCUT2D eigenvalue weighted by atomic mass is 19.1. The molecule has 0 aliphatic rings. The number of ketones is 1. The molecular weight excluding hydrogens is 243 g/mol. The van der Waals surface area contributed by atoms with Crippen LogP contribution in [0.1, 0.15) is 21.5 Å². The first-order valence-electron chi connectivity index (χ1n) is 6.06. The van der Waals surface area contributed by atoms with E-state index in [0.717, 1.165) is 11.1 Å². The third-order valence-electron chi connectivity index (χ3n) is 3.09. The van der Waals surface area contributed by atoms with Crippen LogP contribution in [0.15, 0.2) is 42.5 Å². The van der Waals surface area contributed by atoms with Gasteiger partial charge in [0.2, 0.25) is 5.78 Å². The van der Waals surface area contributed by atoms with Crippen LogP contribution in [0, 0.1) is 19.7 Å². The van der Waals surface area contributed by atoms with E-state index in [1.165, 1.54) is 12.1 Å². The Morgan fingerprint density at radius 1 is 1.11 bits per heavy atom. The molecule has 0 spiro atoms. The maximum absolute atomic E-state index is 13.4. The summed E-state index contributed by atoms with van der Waals surface area (Å²) < 4.78 is 18.9. The van der Waals surface area contributed by atoms with E-state index in [0.29, 0.717) is 5.75 Å². The number of ether oxygens (including phenoxy) is 1. The highest BCUT2D eigenvalue weighted by molar-refractivity contribution is 5.97. The van der Waals surface area contributed by atoms with E-state index < -0.39 is 5.82 Å². The van der Waals surface area contributed by atoms with Gasteiger partial charge in [-0.05, 0) is 43.2 Å². The number of Topliss-reactive ketones (excluding diaryl/α,β-unsaturated/α-hetero) is 1. The molecule has 0 amide bonds. The van der Waals surface area contributed by atoms with Gasteiger partial charge in [0.25, 0.3) is 0 Å². The number of hydrogen-bond donors (Lipinski definition) is 0. The largest absolute Gasteiger partial charge is 0.485 e. The van der Waals surface area contributed by atoms with E-state index in [1.54, 1.807) is 18.2 Å². The van der Waals surface area contributed by atoms with Gasteiger partial charge in [-0.25, -0.2) is 4.39 Å². The summed E-state index contributed by atoms with van der Waals surface area (Å²) in [5, 5.41) is 0. The van der Waals surface area contributed by atoms with Crippen LogP contribution in [-0.4, -0.2) is 12.4 Å². The minimum absolute atomic E-state index is 0.0628. The lowest BCUT2D eigenvalue weighted by atomic mass is 10.1. The molecule has 0 saturated heterocycles. The summed E-state index contributed by atoms with van der Waals surface area (Å²) >= 11 is 0. The van der Waals surface area contributed by atoms with Crippen LogP contribution in [-0.2, 0) is 0 Å². The topological polar surface area (TPSA) is 26.3 Å². The van der Waals surface area contributed by atoms with Crippen molar-refractivity contribution < 1.29 is 13.9 Å². The van der Waals surface area contributed by atoms with Crippen LogP contribution in [0.5, 0.6) is 5.75 Å². The van der Waals surface area contributed by atoms with E-state index in [9.17, 15) is 9.18 Å². The maximum Gasteiger partial charge on any atom is 0.203 e. The van der Waals surface area contributed by atoms with Crippen LogP contribution < -0.4 is 4.74 Å². The van der Waals surface area contributed by atoms with Crippen LogP contribution in [0.2, 0.25) is 0 Å². The molecule has 0 aliphatic heterocycles. The number of rotatable bonds is 4. The van der Waals surface area contributed by atoms with Crippen molar-refractivity contribution in [1.82, 2.24) is 0 Å². The second-order valence-electron chi connectivity index (χ2n) is 4.39. The Labute approximate surface area is 111 Å². The summed E-state index contributed by atoms with van der Waals surface area (Å²) in [5.74, 6) is -0.222. The van der Waals surface area contributed by atoms with Gasteiger partial charge in [-0.3, -0.25) is 4.79 Å². The van der Waals surface area contributed by atoms with E-state index in [1.807, 2.05) is 26.0 Å². The summed E-state index contributed by atoms with van der Waals surface area (Å²) in [7, 11) is 0. The van der Waals surface area contributed by atoms with Gasteiger partial charge in [0.1, 0.15) is 11.6 Å². The normalized spacial score (nSPS) is 10.3. The zero-order valence-corrected chi connectivity index (χ0v) is 10.9. The fraction of sp³-hybridized carbons (Fsp3) is 0.188. The van der Waals surface area contributed by atoms with Gasteiger partial charge in [0.15, 0.2) is 6.61 Å². The highest BCUT2D eigenvalue weighted by Crippen LogP contribution is 2.20. The molecular formula is C16H15FO2. The third kappa shape index (κ3) is 2.99. The molecule has 0 saturated carbocycles. The van der Waals surface area contributed by atoms with Crippen LogP contribution in [0.4, 0.5) is 4.39 Å². The van der Waals surface area contributed by atoms with Gasteiger partial charge in [-0.15, -0.1) is 0 Å². The van der Waals surface area contributed by atoms with Crippen molar-refractivity contribution in [2.45, 2.75) is 13.8 Å². The SMILES string of the molecule is Cc1cccc(OCC(=O)c2ccccc2F)c1C. The molecule has 98 valence electrons. The van der Waals surface area contributed by atoms with E-state index in [-0.39, 0.29) is 18.0 Å². The predicted molar refractivity (Wildman–Crippen MR) is 72.1 cm³/mol. The second kappa shape index (κ2) is 5.65. The van der Waals surface area contributed by atoms with Gasteiger partial charge < -0.3 is 4.74 Å². The number of carbonyl (C=O) groups excluding carboxylic acids is 1. The molecule has 0 fully saturated rings. The van der Waals surface area contributed by atoms with Gasteiger partial charge in [-0.2, -0.15) is 0 Å². The lowest BCUT2D eigenvalue weighted by molar-refractivity contribution is 0.0917. The minimum atomic E-state index is -0.517. The van der Waals surface area contributed by atoms with Crippen molar-refractivity contribution in [1.29, 1.82) is 0 Å². The fourth-order valence-electron chi connectivity index (χ4n) is 1.79. The molecule has 19 heavy (non-hydrogen) atoms. The average Bonchev–Trinajstić information content (AvgIpc) is 2.40. The molecule has 0 unspecified atom stereocenters. The summed E-state index contributed by atoms with van der Waals surface area (Å²) in [4.78, 5) is 11.9. The molecule has 2 aromatic carbocycles. The van der Waals surface area contributed by atoms with Crippen molar-refractivity contribution >= 4 is 5.78 Å². The van der Waals surface area contributed by atoms with Crippen molar-refractivity contribution in [3.05, 3.63) is 65.0 Å². The Hall–Kier alpha value is -2.16. The van der Waals surface area contributed by atoms with Crippen LogP contribution in [0.3, 0.4) is 0 Å². The first-order valence-corrected chi connectivity index (χ1v) is 6.06. The molecule has 0 atom stereocenters. The summed E-state index contributed by atoms with van der Waals surface area (Å²) in [5.41, 5.74) is 2.15. The maximum atomic E-state index is 13.4. The molecule has 0 heterocycles. The number of halogens is 1. The molecule has 2 nitrogen and oxygen atoms in total. The van der Waals surface area contributed by atoms with Gasteiger partial charge in [-0.1, -0.05) is 24.3 Å². The van der Waals surface area contributed by atoms with Gasteiger partial charge >= 0.3 is 0 Å². The first kappa shape index (κ1) is 13.3. The van der Waals surface area contributed by atoms with Crippen LogP contribution in [0.25, 0.3) is 0 Å². The lowest BCUT2D eigenvalue weighted by Crippen LogP contribution is -2.13. The molecule has 0 bridgehead atoms. The monoisotopic (exact) mass is 258 g/mol. The van der Waals surface area contributed by atoms with Crippen molar-refractivity contribution in [3.63, 3.8) is 0 Å². The molecule has 2 aromatic rings. The Morgan fingerprint density at radius 3 is 2.58 bits per heavy atom. The second-order valence-corrected chi connectivity index (χ2v) is 4.39. The smallest absolute Gasteiger partial charge is 0.203 e. The van der Waals surface area contributed by atoms with Gasteiger partial charge in [0.05, 0.1) is 5.56 Å². The first-order chi connectivity index (χ1) is 9.09. The molecule has 0 N–H and O–H groups in total. The zero-order valence-electron chi connectivity index (χ0n) is 10.9. The zero-order chi connectivity index (χ0) is 13.8. The Kier molecular flexibility index (Phi) is 3.95. The quantitative estimate of drug-likeness (QED) is 0.781. The van der Waals surface area contributed by atoms with E-state index in [4.69, 9.17) is 4.74 Å². The number of hydrogen-bond acceptors (Lipinski definition) is 2. The van der Waals surface area contributed by atoms with Crippen molar-refractivity contribution in [2.24, 2.45) is 0 Å². The van der Waals surface area contributed by atoms with Crippen LogP contribution >= 0.6 is 0 Å². The summed E-state index contributed by atoms with van der Waals surface area (Å²) in [6, 6.07) is 11.6. The number of aryl methyl sites for hydroxylation is 1. The fourth-order valence-corrected chi connectivity index (χ4v) is 1.79. The predicted octanol–water partition coefficient (Wildman–Crippen LogP) is 3.70. The molecule has 3 heteroatoms. The standard InChI is InChI=1S/C16H15FO2/c1-11-6-5-9-16(12(11)2)19-10-15(18)13-7-3-4-8-14(13)17/h3-9H,10H2,1-2H3. The summed E-state index contributed by atoms with van der Waals surface area (Å²) in [6.45, 7) is 3.74. The van der Waals surface area contributed by atoms with Crippen molar-refractivity contribution in [3.8, 4) is 5.75 Å². The molecule has 0 aromatic heterocycles. The minimum Gasteiger partial charge on any atom is -0.485 e. The highest BCUT2D eigenvalue weighted by Gasteiger charge is 2.12. The van der Waals surface area contributed by atoms with Crippen molar-refractivity contribution in [2.75, 3.05) is 6.61 Å². The Bertz CT molecular complexity index is 605. The van der Waals surface area contributed by atoms with Gasteiger partial charge in [0, 0.05) is 0 Å². The lowest BCUT2D eigenvalue weighted by Gasteiger charge is -2.10. The third-order valence-corrected chi connectivity index (χ3v) is 3.09. The Morgan fingerprint density at radius 2 is 1.84 bits per heavy atom. The van der Waals surface area contributed by atoms with E-state index in [2.05, 4.69) is 0 Å². The summed E-state index contributed by atoms with van der Waals surface area (Å²) in [6.07, 6.45) is 0. The Balaban J connectivity index is 2.09. The van der Waals surface area contributed by atoms with E-state index >= 15 is 0 Å². The number of carbonyl (C=O) groups is 1.